The molecule has 0 radical (unpaired) electrons. The van der Waals surface area contributed by atoms with E-state index in [4.69, 9.17) is 4.74 Å². The Balaban J connectivity index is 1.90. The number of benzene rings is 1. The third kappa shape index (κ3) is 4.81. The lowest BCUT2D eigenvalue weighted by atomic mass is 9.89. The summed E-state index contributed by atoms with van der Waals surface area (Å²) in [5.74, 6) is 1.02. The predicted molar refractivity (Wildman–Crippen MR) is 101 cm³/mol. The van der Waals surface area contributed by atoms with E-state index in [1.165, 1.54) is 6.42 Å². The van der Waals surface area contributed by atoms with Crippen LogP contribution in [-0.4, -0.2) is 22.3 Å². The maximum absolute atomic E-state index is 12.5. The molecule has 1 heterocycles. The number of nitrogens with zero attached hydrogens (tertiary/aromatic N) is 3. The van der Waals surface area contributed by atoms with Crippen molar-refractivity contribution in [2.75, 3.05) is 6.61 Å². The molecule has 0 bridgehead atoms. The van der Waals surface area contributed by atoms with Crippen molar-refractivity contribution in [3.8, 4) is 11.6 Å². The Kier molecular flexibility index (Phi) is 6.21. The fraction of sp³-hybridized carbons (Fsp3) is 0.476. The van der Waals surface area contributed by atoms with Crippen molar-refractivity contribution < 1.29 is 9.53 Å². The molecule has 0 atom stereocenters. The number of ether oxygens (including phenoxy) is 1. The SMILES string of the molecule is CC(C)COc1c/c(=N\C(=O)C2CCCCC2)cnn1-c1ccccc1. The lowest BCUT2D eigenvalue weighted by Gasteiger charge is -2.18. The van der Waals surface area contributed by atoms with Crippen LogP contribution in [0, 0.1) is 11.8 Å². The molecule has 1 aliphatic rings. The van der Waals surface area contributed by atoms with Crippen LogP contribution in [0.3, 0.4) is 0 Å². The van der Waals surface area contributed by atoms with Crippen molar-refractivity contribution in [2.24, 2.45) is 16.8 Å². The Hall–Kier alpha value is -2.43. The highest BCUT2D eigenvalue weighted by Crippen LogP contribution is 2.24. The minimum absolute atomic E-state index is 0.0289. The van der Waals surface area contributed by atoms with E-state index >= 15 is 0 Å². The summed E-state index contributed by atoms with van der Waals surface area (Å²) in [7, 11) is 0. The quantitative estimate of drug-likeness (QED) is 0.819. The number of para-hydroxylation sites is 1. The maximum atomic E-state index is 12.5. The Bertz CT molecular complexity index is 790. The maximum Gasteiger partial charge on any atom is 0.249 e. The molecular weight excluding hydrogens is 326 g/mol. The Morgan fingerprint density at radius 1 is 1.23 bits per heavy atom. The molecule has 1 saturated carbocycles. The van der Waals surface area contributed by atoms with Gasteiger partial charge in [-0.15, -0.1) is 0 Å². The van der Waals surface area contributed by atoms with Crippen molar-refractivity contribution in [1.82, 2.24) is 9.78 Å². The fourth-order valence-electron chi connectivity index (χ4n) is 3.15. The molecule has 26 heavy (non-hydrogen) atoms. The van der Waals surface area contributed by atoms with Crippen molar-refractivity contribution >= 4 is 5.91 Å². The highest BCUT2D eigenvalue weighted by Gasteiger charge is 2.20. The second-order valence-corrected chi connectivity index (χ2v) is 7.29. The van der Waals surface area contributed by atoms with Gasteiger partial charge in [0.05, 0.1) is 23.8 Å². The number of hydrogen-bond acceptors (Lipinski definition) is 3. The molecule has 5 heteroatoms. The second-order valence-electron chi connectivity index (χ2n) is 7.29. The van der Waals surface area contributed by atoms with E-state index < -0.39 is 0 Å². The Morgan fingerprint density at radius 2 is 1.96 bits per heavy atom. The normalized spacial score (nSPS) is 16.0. The molecular formula is C21H27N3O2. The average molecular weight is 353 g/mol. The van der Waals surface area contributed by atoms with E-state index in [1.54, 1.807) is 10.9 Å². The average Bonchev–Trinajstić information content (AvgIpc) is 2.68. The fourth-order valence-corrected chi connectivity index (χ4v) is 3.15. The first-order chi connectivity index (χ1) is 12.6. The summed E-state index contributed by atoms with van der Waals surface area (Å²) in [6, 6.07) is 11.6. The molecule has 0 saturated heterocycles. The van der Waals surface area contributed by atoms with E-state index in [0.717, 1.165) is 31.4 Å². The highest BCUT2D eigenvalue weighted by molar-refractivity contribution is 5.79. The van der Waals surface area contributed by atoms with Crippen molar-refractivity contribution in [2.45, 2.75) is 46.0 Å². The van der Waals surface area contributed by atoms with Gasteiger partial charge >= 0.3 is 0 Å². The van der Waals surface area contributed by atoms with Gasteiger partial charge in [-0.2, -0.15) is 5.10 Å². The molecule has 1 aliphatic carbocycles. The molecule has 0 spiro atoms. The summed E-state index contributed by atoms with van der Waals surface area (Å²) in [6.45, 7) is 4.77. The summed E-state index contributed by atoms with van der Waals surface area (Å²) in [5, 5.41) is 5.03. The molecule has 0 N–H and O–H groups in total. The molecule has 1 amide bonds. The molecule has 0 unspecified atom stereocenters. The zero-order chi connectivity index (χ0) is 18.4. The molecule has 3 rings (SSSR count). The zero-order valence-corrected chi connectivity index (χ0v) is 15.6. The van der Waals surface area contributed by atoms with Gasteiger partial charge in [0.2, 0.25) is 11.8 Å². The first-order valence-electron chi connectivity index (χ1n) is 9.49. The molecule has 2 aromatic rings. The minimum atomic E-state index is -0.0289. The van der Waals surface area contributed by atoms with Gasteiger partial charge in [0, 0.05) is 12.0 Å². The van der Waals surface area contributed by atoms with Gasteiger partial charge in [0.25, 0.3) is 0 Å². The van der Waals surface area contributed by atoms with Gasteiger partial charge in [0.15, 0.2) is 0 Å². The molecule has 5 nitrogen and oxygen atoms in total. The minimum Gasteiger partial charge on any atom is -0.477 e. The lowest BCUT2D eigenvalue weighted by Crippen LogP contribution is -2.20. The predicted octanol–water partition coefficient (Wildman–Crippen LogP) is 3.91. The zero-order valence-electron chi connectivity index (χ0n) is 15.6. The first kappa shape index (κ1) is 18.4. The van der Waals surface area contributed by atoms with Gasteiger partial charge in [0.1, 0.15) is 0 Å². The number of rotatable bonds is 5. The van der Waals surface area contributed by atoms with Gasteiger partial charge in [-0.1, -0.05) is 51.3 Å². The standard InChI is InChI=1S/C21H27N3O2/c1-16(2)15-26-20-13-18(23-21(25)17-9-5-3-6-10-17)14-22-24(20)19-11-7-4-8-12-19/h4,7-8,11-14,16-17H,3,5-6,9-10,15H2,1-2H3/b23-18+. The molecule has 1 aromatic heterocycles. The molecule has 1 fully saturated rings. The summed E-state index contributed by atoms with van der Waals surface area (Å²) < 4.78 is 7.69. The van der Waals surface area contributed by atoms with E-state index in [9.17, 15) is 4.79 Å². The van der Waals surface area contributed by atoms with E-state index in [1.807, 2.05) is 36.4 Å². The van der Waals surface area contributed by atoms with Gasteiger partial charge in [-0.3, -0.25) is 4.79 Å². The highest BCUT2D eigenvalue weighted by atomic mass is 16.5. The topological polar surface area (TPSA) is 56.5 Å². The molecule has 138 valence electrons. The number of carbonyl (C=O) groups is 1. The van der Waals surface area contributed by atoms with Gasteiger partial charge in [-0.25, -0.2) is 9.67 Å². The number of aromatic nitrogens is 2. The molecule has 1 aromatic carbocycles. The van der Waals surface area contributed by atoms with Crippen LogP contribution < -0.4 is 10.1 Å². The Morgan fingerprint density at radius 3 is 2.65 bits per heavy atom. The third-order valence-corrected chi connectivity index (χ3v) is 4.54. The van der Waals surface area contributed by atoms with Crippen molar-refractivity contribution in [1.29, 1.82) is 0 Å². The second kappa shape index (κ2) is 8.79. The van der Waals surface area contributed by atoms with Crippen LogP contribution in [0.2, 0.25) is 0 Å². The van der Waals surface area contributed by atoms with Crippen LogP contribution >= 0.6 is 0 Å². The number of amides is 1. The summed E-state index contributed by atoms with van der Waals surface area (Å²) in [6.07, 6.45) is 7.00. The lowest BCUT2D eigenvalue weighted by molar-refractivity contribution is -0.122. The Labute approximate surface area is 154 Å². The van der Waals surface area contributed by atoms with Crippen LogP contribution in [0.15, 0.2) is 47.6 Å². The van der Waals surface area contributed by atoms with Crippen LogP contribution in [0.25, 0.3) is 5.69 Å². The first-order valence-corrected chi connectivity index (χ1v) is 9.49. The van der Waals surface area contributed by atoms with E-state index in [-0.39, 0.29) is 11.8 Å². The molecule has 0 aliphatic heterocycles. The number of hydrogen-bond donors (Lipinski definition) is 0. The van der Waals surface area contributed by atoms with Crippen LogP contribution in [0.5, 0.6) is 5.88 Å². The van der Waals surface area contributed by atoms with Gasteiger partial charge < -0.3 is 4.74 Å². The smallest absolute Gasteiger partial charge is 0.249 e. The summed E-state index contributed by atoms with van der Waals surface area (Å²) in [5.41, 5.74) is 0.913. The van der Waals surface area contributed by atoms with Crippen molar-refractivity contribution in [3.63, 3.8) is 0 Å². The monoisotopic (exact) mass is 353 g/mol. The van der Waals surface area contributed by atoms with Crippen LogP contribution in [0.1, 0.15) is 46.0 Å². The van der Waals surface area contributed by atoms with Crippen molar-refractivity contribution in [3.05, 3.63) is 48.0 Å². The third-order valence-electron chi connectivity index (χ3n) is 4.54. The van der Waals surface area contributed by atoms with E-state index in [0.29, 0.717) is 23.8 Å². The van der Waals surface area contributed by atoms with Gasteiger partial charge in [-0.05, 0) is 30.9 Å². The van der Waals surface area contributed by atoms with Crippen LogP contribution in [0.4, 0.5) is 0 Å². The largest absolute Gasteiger partial charge is 0.477 e. The van der Waals surface area contributed by atoms with Crippen LogP contribution in [-0.2, 0) is 4.79 Å². The summed E-state index contributed by atoms with van der Waals surface area (Å²) >= 11 is 0. The number of carbonyl (C=O) groups excluding carboxylic acids is 1. The van der Waals surface area contributed by atoms with E-state index in [2.05, 4.69) is 23.9 Å². The summed E-state index contributed by atoms with van der Waals surface area (Å²) in [4.78, 5) is 16.8.